The van der Waals surface area contributed by atoms with Crippen LogP contribution in [0.15, 0.2) is 48.2 Å². The highest BCUT2D eigenvalue weighted by Gasteiger charge is 2.39. The number of imide groups is 1. The van der Waals surface area contributed by atoms with Gasteiger partial charge < -0.3 is 24.3 Å². The van der Waals surface area contributed by atoms with Crippen LogP contribution in [0.4, 0.5) is 5.69 Å². The van der Waals surface area contributed by atoms with Crippen molar-refractivity contribution in [3.63, 3.8) is 0 Å². The van der Waals surface area contributed by atoms with Gasteiger partial charge in [-0.15, -0.1) is 0 Å². The predicted octanol–water partition coefficient (Wildman–Crippen LogP) is 2.94. The van der Waals surface area contributed by atoms with Gasteiger partial charge in [-0.1, -0.05) is 12.1 Å². The van der Waals surface area contributed by atoms with Crippen molar-refractivity contribution in [2.24, 2.45) is 0 Å². The number of carbonyl (C=O) groups is 2. The summed E-state index contributed by atoms with van der Waals surface area (Å²) >= 11 is 0. The van der Waals surface area contributed by atoms with E-state index in [0.29, 0.717) is 41.5 Å². The molecule has 3 rings (SSSR count). The molecule has 164 valence electrons. The van der Waals surface area contributed by atoms with Gasteiger partial charge in [0, 0.05) is 32.0 Å². The molecule has 0 saturated heterocycles. The number of carbonyl (C=O) groups excluding carboxylic acids is 2. The second-order valence-corrected chi connectivity index (χ2v) is 6.79. The van der Waals surface area contributed by atoms with Gasteiger partial charge in [0.2, 0.25) is 0 Å². The minimum absolute atomic E-state index is 0.197. The molecule has 0 saturated carbocycles. The number of nitrogens with zero attached hydrogens (tertiary/aromatic N) is 1. The summed E-state index contributed by atoms with van der Waals surface area (Å²) in [5, 5.41) is 3.12. The zero-order valence-corrected chi connectivity index (χ0v) is 18.1. The van der Waals surface area contributed by atoms with Crippen LogP contribution in [0.2, 0.25) is 0 Å². The molecule has 0 radical (unpaired) electrons. The summed E-state index contributed by atoms with van der Waals surface area (Å²) in [5.74, 6) is 0.855. The van der Waals surface area contributed by atoms with E-state index in [1.165, 1.54) is 19.1 Å². The van der Waals surface area contributed by atoms with E-state index in [-0.39, 0.29) is 23.7 Å². The molecule has 1 aliphatic rings. The van der Waals surface area contributed by atoms with Gasteiger partial charge in [-0.3, -0.25) is 14.5 Å². The van der Waals surface area contributed by atoms with Crippen LogP contribution in [0.5, 0.6) is 17.2 Å². The number of ether oxygens (including phenoxy) is 4. The van der Waals surface area contributed by atoms with Crippen LogP contribution in [0, 0.1) is 0 Å². The maximum Gasteiger partial charge on any atom is 0.278 e. The van der Waals surface area contributed by atoms with E-state index in [2.05, 4.69) is 5.32 Å². The molecule has 0 fully saturated rings. The fraction of sp³-hybridized carbons (Fsp3) is 0.304. The molecule has 2 aromatic rings. The van der Waals surface area contributed by atoms with Gasteiger partial charge in [-0.05, 0) is 36.2 Å². The average Bonchev–Trinajstić information content (AvgIpc) is 3.03. The van der Waals surface area contributed by atoms with Crippen molar-refractivity contribution in [2.45, 2.75) is 6.42 Å². The van der Waals surface area contributed by atoms with Gasteiger partial charge in [0.1, 0.15) is 11.4 Å². The van der Waals surface area contributed by atoms with Crippen molar-refractivity contribution in [2.75, 3.05) is 46.9 Å². The Balaban J connectivity index is 2.05. The zero-order valence-electron chi connectivity index (χ0n) is 18.1. The number of anilines is 1. The molecule has 0 aliphatic carbocycles. The third-order valence-corrected chi connectivity index (χ3v) is 4.91. The molecule has 2 aromatic carbocycles. The fourth-order valence-corrected chi connectivity index (χ4v) is 3.37. The highest BCUT2D eigenvalue weighted by molar-refractivity contribution is 6.36. The second kappa shape index (κ2) is 9.99. The summed E-state index contributed by atoms with van der Waals surface area (Å²) in [6.45, 7) is 0.701. The first-order valence-corrected chi connectivity index (χ1v) is 9.77. The maximum absolute atomic E-state index is 13.3. The summed E-state index contributed by atoms with van der Waals surface area (Å²) in [7, 11) is 6.20. The van der Waals surface area contributed by atoms with E-state index < -0.39 is 5.91 Å². The number of hydrogen-bond donors (Lipinski definition) is 1. The lowest BCUT2D eigenvalue weighted by Crippen LogP contribution is -2.33. The third kappa shape index (κ3) is 4.64. The van der Waals surface area contributed by atoms with Crippen molar-refractivity contribution >= 4 is 23.1 Å². The van der Waals surface area contributed by atoms with Crippen molar-refractivity contribution in [1.29, 1.82) is 0 Å². The Bertz CT molecular complexity index is 1000. The highest BCUT2D eigenvalue weighted by Crippen LogP contribution is 2.36. The first-order valence-electron chi connectivity index (χ1n) is 9.77. The molecular weight excluding hydrogens is 400 g/mol. The minimum atomic E-state index is -0.395. The Morgan fingerprint density at radius 1 is 0.871 bits per heavy atom. The lowest BCUT2D eigenvalue weighted by molar-refractivity contribution is -0.136. The summed E-state index contributed by atoms with van der Waals surface area (Å²) < 4.78 is 21.0. The molecule has 0 spiro atoms. The Kier molecular flexibility index (Phi) is 7.15. The summed E-state index contributed by atoms with van der Waals surface area (Å²) in [4.78, 5) is 27.7. The van der Waals surface area contributed by atoms with Crippen LogP contribution in [0.3, 0.4) is 0 Å². The number of benzene rings is 2. The van der Waals surface area contributed by atoms with E-state index >= 15 is 0 Å². The van der Waals surface area contributed by atoms with E-state index in [1.54, 1.807) is 56.7 Å². The van der Waals surface area contributed by atoms with Crippen LogP contribution in [0.25, 0.3) is 5.57 Å². The molecule has 8 nitrogen and oxygen atoms in total. The molecule has 0 atom stereocenters. The van der Waals surface area contributed by atoms with E-state index in [4.69, 9.17) is 18.9 Å². The topological polar surface area (TPSA) is 86.3 Å². The van der Waals surface area contributed by atoms with E-state index in [9.17, 15) is 9.59 Å². The number of amides is 2. The molecule has 2 amide bonds. The molecule has 8 heteroatoms. The second-order valence-electron chi connectivity index (χ2n) is 6.79. The Morgan fingerprint density at radius 2 is 1.65 bits per heavy atom. The zero-order chi connectivity index (χ0) is 22.4. The van der Waals surface area contributed by atoms with Crippen LogP contribution >= 0.6 is 0 Å². The van der Waals surface area contributed by atoms with Gasteiger partial charge in [-0.25, -0.2) is 0 Å². The maximum atomic E-state index is 13.3. The molecule has 1 N–H and O–H groups in total. The molecule has 1 heterocycles. The Labute approximate surface area is 181 Å². The van der Waals surface area contributed by atoms with Crippen LogP contribution in [0.1, 0.15) is 12.0 Å². The minimum Gasteiger partial charge on any atom is -0.497 e. The highest BCUT2D eigenvalue weighted by atomic mass is 16.5. The number of rotatable bonds is 10. The van der Waals surface area contributed by atoms with Gasteiger partial charge >= 0.3 is 0 Å². The largest absolute Gasteiger partial charge is 0.497 e. The Hall–Kier alpha value is -3.52. The summed E-state index contributed by atoms with van der Waals surface area (Å²) in [6, 6.07) is 12.3. The Morgan fingerprint density at radius 3 is 2.32 bits per heavy atom. The number of methoxy groups -OCH3 is 4. The first kappa shape index (κ1) is 22.2. The average molecular weight is 426 g/mol. The van der Waals surface area contributed by atoms with Crippen molar-refractivity contribution < 1.29 is 28.5 Å². The van der Waals surface area contributed by atoms with Crippen LogP contribution in [-0.4, -0.2) is 58.3 Å². The van der Waals surface area contributed by atoms with Crippen molar-refractivity contribution in [3.8, 4) is 17.2 Å². The van der Waals surface area contributed by atoms with Crippen molar-refractivity contribution in [3.05, 3.63) is 53.7 Å². The van der Waals surface area contributed by atoms with Gasteiger partial charge in [0.05, 0.1) is 26.9 Å². The first-order chi connectivity index (χ1) is 15.0. The number of hydrogen-bond acceptors (Lipinski definition) is 7. The third-order valence-electron chi connectivity index (χ3n) is 4.91. The smallest absolute Gasteiger partial charge is 0.278 e. The quantitative estimate of drug-likeness (QED) is 0.462. The van der Waals surface area contributed by atoms with E-state index in [0.717, 1.165) is 0 Å². The van der Waals surface area contributed by atoms with Gasteiger partial charge in [0.25, 0.3) is 11.8 Å². The summed E-state index contributed by atoms with van der Waals surface area (Å²) in [5.41, 5.74) is 1.65. The van der Waals surface area contributed by atoms with E-state index in [1.807, 2.05) is 0 Å². The lowest BCUT2D eigenvalue weighted by atomic mass is 10.0. The van der Waals surface area contributed by atoms with Crippen LogP contribution < -0.4 is 19.5 Å². The fourth-order valence-electron chi connectivity index (χ4n) is 3.37. The number of nitrogens with one attached hydrogen (secondary N) is 1. The van der Waals surface area contributed by atoms with Crippen molar-refractivity contribution in [1.82, 2.24) is 4.90 Å². The molecule has 0 unspecified atom stereocenters. The van der Waals surface area contributed by atoms with Crippen LogP contribution in [-0.2, 0) is 14.3 Å². The van der Waals surface area contributed by atoms with Gasteiger partial charge in [0.15, 0.2) is 11.5 Å². The SMILES string of the molecule is COCCCN1C(=O)C(Nc2cccc(OC)c2)=C(c2ccc(OC)c(OC)c2)C1=O. The monoisotopic (exact) mass is 426 g/mol. The van der Waals surface area contributed by atoms with Gasteiger partial charge in [-0.2, -0.15) is 0 Å². The molecular formula is C23H26N2O6. The molecule has 0 aromatic heterocycles. The summed E-state index contributed by atoms with van der Waals surface area (Å²) in [6.07, 6.45) is 0.541. The molecule has 1 aliphatic heterocycles. The predicted molar refractivity (Wildman–Crippen MR) is 116 cm³/mol. The standard InChI is InChI=1S/C23H26N2O6/c1-28-12-6-11-25-22(26)20(15-9-10-18(30-3)19(13-15)31-4)21(23(25)27)24-16-7-5-8-17(14-16)29-2/h5,7-10,13-14,24H,6,11-12H2,1-4H3. The molecule has 0 bridgehead atoms. The normalized spacial score (nSPS) is 13.6. The lowest BCUT2D eigenvalue weighted by Gasteiger charge is -2.15. The molecule has 31 heavy (non-hydrogen) atoms.